The van der Waals surface area contributed by atoms with Crippen molar-refractivity contribution >= 4 is 5.78 Å². The van der Waals surface area contributed by atoms with Crippen LogP contribution in [0.25, 0.3) is 0 Å². The van der Waals surface area contributed by atoms with Gasteiger partial charge in [-0.3, -0.25) is 4.79 Å². The Kier molecular flexibility index (Phi) is 2.98. The Hall–Kier alpha value is -1.15. The average molecular weight is 244 g/mol. The van der Waals surface area contributed by atoms with Crippen molar-refractivity contribution < 1.29 is 9.53 Å². The molecule has 0 radical (unpaired) electrons. The molecule has 1 unspecified atom stereocenters. The molecule has 1 aromatic carbocycles. The van der Waals surface area contributed by atoms with E-state index in [1.807, 2.05) is 0 Å². The van der Waals surface area contributed by atoms with Crippen LogP contribution in [-0.2, 0) is 16.0 Å². The zero-order chi connectivity index (χ0) is 12.6. The second-order valence-corrected chi connectivity index (χ2v) is 5.76. The van der Waals surface area contributed by atoms with E-state index in [1.165, 1.54) is 17.5 Å². The fraction of sp³-hybridized carbons (Fsp3) is 0.562. The number of rotatable bonds is 5. The van der Waals surface area contributed by atoms with Crippen LogP contribution in [0.2, 0.25) is 0 Å². The summed E-state index contributed by atoms with van der Waals surface area (Å²) in [6, 6.07) is 8.47. The van der Waals surface area contributed by atoms with Gasteiger partial charge in [0.25, 0.3) is 0 Å². The number of fused-ring (bicyclic) bond motifs is 1. The van der Waals surface area contributed by atoms with Crippen LogP contribution >= 0.6 is 0 Å². The van der Waals surface area contributed by atoms with Gasteiger partial charge >= 0.3 is 0 Å². The first kappa shape index (κ1) is 11.9. The number of ketones is 1. The maximum absolute atomic E-state index is 12.1. The van der Waals surface area contributed by atoms with Crippen molar-refractivity contribution in [2.24, 2.45) is 0 Å². The first-order chi connectivity index (χ1) is 8.72. The second kappa shape index (κ2) is 4.51. The second-order valence-electron chi connectivity index (χ2n) is 5.76. The molecule has 1 aromatic rings. The van der Waals surface area contributed by atoms with Crippen molar-refractivity contribution in [2.75, 3.05) is 7.11 Å². The largest absolute Gasteiger partial charge is 0.378 e. The number of Topliss-reactive ketones (excluding diaryl/α,β-unsaturated/α-hetero) is 1. The van der Waals surface area contributed by atoms with Crippen LogP contribution in [-0.4, -0.2) is 18.5 Å². The van der Waals surface area contributed by atoms with Crippen molar-refractivity contribution in [3.8, 4) is 0 Å². The first-order valence-corrected chi connectivity index (χ1v) is 6.87. The zero-order valence-corrected chi connectivity index (χ0v) is 10.9. The summed E-state index contributed by atoms with van der Waals surface area (Å²) in [7, 11) is 1.74. The molecule has 96 valence electrons. The Morgan fingerprint density at radius 2 is 2.17 bits per heavy atom. The monoisotopic (exact) mass is 244 g/mol. The minimum atomic E-state index is -0.111. The molecule has 18 heavy (non-hydrogen) atoms. The fourth-order valence-electron chi connectivity index (χ4n) is 3.28. The SMILES string of the molecule is COC1(CC(=O)CC2Cc3ccccc32)CCC1. The molecule has 0 heterocycles. The molecule has 0 bridgehead atoms. The number of hydrogen-bond acceptors (Lipinski definition) is 2. The summed E-state index contributed by atoms with van der Waals surface area (Å²) in [5.41, 5.74) is 2.69. The minimum Gasteiger partial charge on any atom is -0.378 e. The summed E-state index contributed by atoms with van der Waals surface area (Å²) in [5.74, 6) is 0.832. The summed E-state index contributed by atoms with van der Waals surface area (Å²) in [6.45, 7) is 0. The number of hydrogen-bond donors (Lipinski definition) is 0. The van der Waals surface area contributed by atoms with E-state index in [0.29, 0.717) is 24.5 Å². The molecule has 1 atom stereocenters. The van der Waals surface area contributed by atoms with Gasteiger partial charge in [-0.1, -0.05) is 24.3 Å². The molecular weight excluding hydrogens is 224 g/mol. The highest BCUT2D eigenvalue weighted by atomic mass is 16.5. The van der Waals surface area contributed by atoms with E-state index in [4.69, 9.17) is 4.74 Å². The summed E-state index contributed by atoms with van der Waals surface area (Å²) in [6.07, 6.45) is 5.69. The van der Waals surface area contributed by atoms with Crippen LogP contribution in [0.4, 0.5) is 0 Å². The summed E-state index contributed by atoms with van der Waals surface area (Å²) in [4.78, 5) is 12.1. The van der Waals surface area contributed by atoms with Crippen LogP contribution < -0.4 is 0 Å². The van der Waals surface area contributed by atoms with Gasteiger partial charge in [0.1, 0.15) is 5.78 Å². The van der Waals surface area contributed by atoms with Crippen LogP contribution in [0.15, 0.2) is 24.3 Å². The van der Waals surface area contributed by atoms with Gasteiger partial charge in [0.15, 0.2) is 0 Å². The summed E-state index contributed by atoms with van der Waals surface area (Å²) >= 11 is 0. The van der Waals surface area contributed by atoms with Crippen LogP contribution in [0.5, 0.6) is 0 Å². The molecule has 2 nitrogen and oxygen atoms in total. The highest BCUT2D eigenvalue weighted by Gasteiger charge is 2.39. The summed E-state index contributed by atoms with van der Waals surface area (Å²) < 4.78 is 5.53. The lowest BCUT2D eigenvalue weighted by Gasteiger charge is -2.40. The normalized spacial score (nSPS) is 23.7. The van der Waals surface area contributed by atoms with E-state index >= 15 is 0 Å². The molecule has 3 rings (SSSR count). The van der Waals surface area contributed by atoms with Crippen molar-refractivity contribution in [3.63, 3.8) is 0 Å². The maximum Gasteiger partial charge on any atom is 0.136 e. The van der Waals surface area contributed by atoms with Crippen LogP contribution in [0.1, 0.15) is 49.1 Å². The van der Waals surface area contributed by atoms with Gasteiger partial charge in [-0.15, -0.1) is 0 Å². The Labute approximate surface area is 108 Å². The van der Waals surface area contributed by atoms with E-state index in [1.54, 1.807) is 7.11 Å². The van der Waals surface area contributed by atoms with Crippen molar-refractivity contribution in [2.45, 2.75) is 50.0 Å². The van der Waals surface area contributed by atoms with Crippen LogP contribution in [0.3, 0.4) is 0 Å². The molecular formula is C16H20O2. The average Bonchev–Trinajstić information content (AvgIpc) is 2.31. The first-order valence-electron chi connectivity index (χ1n) is 6.87. The van der Waals surface area contributed by atoms with E-state index in [2.05, 4.69) is 24.3 Å². The topological polar surface area (TPSA) is 26.3 Å². The van der Waals surface area contributed by atoms with Gasteiger partial charge in [0.2, 0.25) is 0 Å². The molecule has 0 amide bonds. The molecule has 0 saturated heterocycles. The van der Waals surface area contributed by atoms with Gasteiger partial charge in [-0.25, -0.2) is 0 Å². The van der Waals surface area contributed by atoms with E-state index in [-0.39, 0.29) is 5.60 Å². The Balaban J connectivity index is 1.57. The number of carbonyl (C=O) groups is 1. The van der Waals surface area contributed by atoms with Crippen molar-refractivity contribution in [3.05, 3.63) is 35.4 Å². The molecule has 0 aromatic heterocycles. The number of methoxy groups -OCH3 is 1. The third kappa shape index (κ3) is 1.99. The van der Waals surface area contributed by atoms with Gasteiger partial charge in [0, 0.05) is 20.0 Å². The lowest BCUT2D eigenvalue weighted by atomic mass is 9.72. The number of carbonyl (C=O) groups excluding carboxylic acids is 1. The number of benzene rings is 1. The van der Waals surface area contributed by atoms with E-state index < -0.39 is 0 Å². The maximum atomic E-state index is 12.1. The lowest BCUT2D eigenvalue weighted by Crippen LogP contribution is -2.41. The lowest BCUT2D eigenvalue weighted by molar-refractivity contribution is -0.132. The minimum absolute atomic E-state index is 0.111. The highest BCUT2D eigenvalue weighted by Crippen LogP contribution is 2.41. The molecule has 2 heteroatoms. The Bertz CT molecular complexity index is 454. The van der Waals surface area contributed by atoms with Crippen LogP contribution in [0, 0.1) is 0 Å². The van der Waals surface area contributed by atoms with Crippen molar-refractivity contribution in [1.82, 2.24) is 0 Å². The van der Waals surface area contributed by atoms with Gasteiger partial charge < -0.3 is 4.74 Å². The summed E-state index contributed by atoms with van der Waals surface area (Å²) in [5, 5.41) is 0. The molecule has 2 aliphatic carbocycles. The van der Waals surface area contributed by atoms with Gasteiger partial charge in [0.05, 0.1) is 5.60 Å². The molecule has 0 aliphatic heterocycles. The number of ether oxygens (including phenoxy) is 1. The Morgan fingerprint density at radius 1 is 1.39 bits per heavy atom. The smallest absolute Gasteiger partial charge is 0.136 e. The zero-order valence-electron chi connectivity index (χ0n) is 10.9. The van der Waals surface area contributed by atoms with E-state index in [0.717, 1.165) is 19.3 Å². The molecule has 0 N–H and O–H groups in total. The predicted molar refractivity (Wildman–Crippen MR) is 70.7 cm³/mol. The predicted octanol–water partition coefficient (Wildman–Crippen LogP) is 3.24. The molecule has 2 aliphatic rings. The highest BCUT2D eigenvalue weighted by molar-refractivity contribution is 5.81. The standard InChI is InChI=1S/C16H20O2/c1-18-16(7-4-8-16)11-14(17)10-13-9-12-5-2-3-6-15(12)13/h2-3,5-6,13H,4,7-11H2,1H3. The third-order valence-corrected chi connectivity index (χ3v) is 4.65. The quantitative estimate of drug-likeness (QED) is 0.794. The molecule has 0 spiro atoms. The third-order valence-electron chi connectivity index (χ3n) is 4.65. The molecule has 1 fully saturated rings. The fourth-order valence-corrected chi connectivity index (χ4v) is 3.28. The Morgan fingerprint density at radius 3 is 2.78 bits per heavy atom. The van der Waals surface area contributed by atoms with E-state index in [9.17, 15) is 4.79 Å². The van der Waals surface area contributed by atoms with Gasteiger partial charge in [-0.05, 0) is 42.7 Å². The van der Waals surface area contributed by atoms with Crippen molar-refractivity contribution in [1.29, 1.82) is 0 Å². The van der Waals surface area contributed by atoms with Gasteiger partial charge in [-0.2, -0.15) is 0 Å². The molecule has 1 saturated carbocycles.